The molecule has 0 spiro atoms. The number of ether oxygens (including phenoxy) is 1. The highest BCUT2D eigenvalue weighted by Gasteiger charge is 2.59. The lowest BCUT2D eigenvalue weighted by molar-refractivity contribution is -0.126. The molecule has 2 saturated heterocycles. The van der Waals surface area contributed by atoms with Gasteiger partial charge >= 0.3 is 12.1 Å². The minimum Gasteiger partial charge on any atom is -0.365 e. The van der Waals surface area contributed by atoms with E-state index in [0.29, 0.717) is 16.6 Å². The number of para-hydroxylation sites is 1. The van der Waals surface area contributed by atoms with Crippen molar-refractivity contribution in [3.8, 4) is 0 Å². The number of urea groups is 1. The van der Waals surface area contributed by atoms with Gasteiger partial charge in [-0.25, -0.2) is 14.0 Å². The molecule has 1 aromatic heterocycles. The Labute approximate surface area is 192 Å². The van der Waals surface area contributed by atoms with Crippen molar-refractivity contribution in [3.63, 3.8) is 0 Å². The highest BCUT2D eigenvalue weighted by molar-refractivity contribution is 6.30. The van der Waals surface area contributed by atoms with Gasteiger partial charge in [0.2, 0.25) is 5.91 Å². The Bertz CT molecular complexity index is 1300. The first-order chi connectivity index (χ1) is 15.8. The lowest BCUT2D eigenvalue weighted by Gasteiger charge is -2.26. The number of morpholine rings is 1. The number of carbonyl (C=O) groups is 3. The predicted octanol–water partition coefficient (Wildman–Crippen LogP) is 2.66. The number of rotatable bonds is 4. The van der Waals surface area contributed by atoms with E-state index in [1.165, 1.54) is 27.8 Å². The van der Waals surface area contributed by atoms with Gasteiger partial charge in [-0.1, -0.05) is 41.9 Å². The maximum Gasteiger partial charge on any atom is 0.323 e. The van der Waals surface area contributed by atoms with Gasteiger partial charge in [-0.3, -0.25) is 9.36 Å². The van der Waals surface area contributed by atoms with Crippen LogP contribution in [0.1, 0.15) is 5.56 Å². The summed E-state index contributed by atoms with van der Waals surface area (Å²) < 4.78 is 20.8. The number of hydrogen-bond acceptors (Lipinski definition) is 4. The summed E-state index contributed by atoms with van der Waals surface area (Å²) in [7, 11) is 0. The first kappa shape index (κ1) is 21.2. The predicted molar refractivity (Wildman–Crippen MR) is 118 cm³/mol. The van der Waals surface area contributed by atoms with Crippen LogP contribution in [0, 0.1) is 5.82 Å². The molecule has 5 rings (SSSR count). The Hall–Kier alpha value is -3.63. The normalized spacial score (nSPS) is 21.0. The minimum absolute atomic E-state index is 0.0377. The summed E-state index contributed by atoms with van der Waals surface area (Å²) in [4.78, 5) is 39.1. The van der Waals surface area contributed by atoms with E-state index in [2.05, 4.69) is 10.6 Å². The molecule has 4 amide bonds. The number of aromatic nitrogens is 1. The molecule has 3 atom stereocenters. The summed E-state index contributed by atoms with van der Waals surface area (Å²) in [6.45, 7) is 0.148. The van der Waals surface area contributed by atoms with Crippen LogP contribution in [0.4, 0.5) is 19.7 Å². The van der Waals surface area contributed by atoms with Crippen LogP contribution in [-0.4, -0.2) is 52.2 Å². The summed E-state index contributed by atoms with van der Waals surface area (Å²) in [5.41, 5.74) is 6.60. The van der Waals surface area contributed by atoms with E-state index in [0.717, 1.165) is 0 Å². The number of fused-ring (bicyclic) bond motifs is 2. The van der Waals surface area contributed by atoms with E-state index in [9.17, 15) is 18.8 Å². The topological polar surface area (TPSA) is 122 Å². The fourth-order valence-electron chi connectivity index (χ4n) is 4.19. The van der Waals surface area contributed by atoms with Gasteiger partial charge in [0.25, 0.3) is 0 Å². The van der Waals surface area contributed by atoms with Crippen molar-refractivity contribution in [1.82, 2.24) is 14.8 Å². The van der Waals surface area contributed by atoms with Gasteiger partial charge in [-0.2, -0.15) is 0 Å². The van der Waals surface area contributed by atoms with E-state index in [1.54, 1.807) is 30.3 Å². The number of benzene rings is 2. The van der Waals surface area contributed by atoms with Crippen LogP contribution in [0.5, 0.6) is 0 Å². The summed E-state index contributed by atoms with van der Waals surface area (Å²) in [5, 5.41) is 6.01. The molecule has 2 aromatic carbocycles. The van der Waals surface area contributed by atoms with Crippen molar-refractivity contribution < 1.29 is 23.5 Å². The Morgan fingerprint density at radius 2 is 1.97 bits per heavy atom. The van der Waals surface area contributed by atoms with E-state index < -0.39 is 35.9 Å². The molecule has 2 aliphatic rings. The number of epoxide rings is 1. The highest BCUT2D eigenvalue weighted by atomic mass is 35.5. The van der Waals surface area contributed by atoms with Gasteiger partial charge in [0.15, 0.2) is 0 Å². The van der Waals surface area contributed by atoms with Crippen LogP contribution >= 0.6 is 11.6 Å². The lowest BCUT2D eigenvalue weighted by Crippen LogP contribution is -2.50. The Kier molecular flexibility index (Phi) is 5.18. The number of primary amides is 1. The van der Waals surface area contributed by atoms with Gasteiger partial charge in [0.05, 0.1) is 22.8 Å². The third-order valence-electron chi connectivity index (χ3n) is 5.85. The average molecular weight is 472 g/mol. The fraction of sp³-hybridized carbons (Fsp3) is 0.227. The van der Waals surface area contributed by atoms with Crippen LogP contribution in [0.3, 0.4) is 0 Å². The van der Waals surface area contributed by atoms with E-state index in [-0.39, 0.29) is 29.8 Å². The van der Waals surface area contributed by atoms with Crippen molar-refractivity contribution in [2.24, 2.45) is 5.73 Å². The Morgan fingerprint density at radius 3 is 2.76 bits per heavy atom. The molecule has 0 unspecified atom stereocenters. The number of nitrogens with zero attached hydrogens (tertiary/aromatic N) is 2. The summed E-state index contributed by atoms with van der Waals surface area (Å²) in [6.07, 6.45) is 0.781. The SMILES string of the molecule is NC(=O)n1cc(NC(=O)N2C[C@@H]3O[C@@H]3[C@H]2C(=O)NCc2cccc(Cl)c2F)c2ccccc21. The molecule has 9 nitrogen and oxygen atoms in total. The van der Waals surface area contributed by atoms with Crippen molar-refractivity contribution in [2.75, 3.05) is 11.9 Å². The molecule has 2 fully saturated rings. The molecular weight excluding hydrogens is 453 g/mol. The van der Waals surface area contributed by atoms with Gasteiger partial charge in [-0.15, -0.1) is 0 Å². The van der Waals surface area contributed by atoms with Crippen LogP contribution in [0.25, 0.3) is 10.9 Å². The number of carbonyl (C=O) groups excluding carboxylic acids is 3. The Morgan fingerprint density at radius 1 is 1.18 bits per heavy atom. The molecule has 33 heavy (non-hydrogen) atoms. The second-order valence-electron chi connectivity index (χ2n) is 7.87. The standard InChI is InChI=1S/C22H19ClFN5O4/c23-13-6-3-4-11(17(13)24)8-26-20(30)18-19-16(33-19)10-29(18)22(32)27-14-9-28(21(25)31)15-7-2-1-5-12(14)15/h1-7,9,16,18-19H,8,10H2,(H2,25,31)(H,26,30)(H,27,32)/t16-,18-,19-/m0/s1. The number of amides is 4. The molecule has 3 aromatic rings. The molecule has 0 radical (unpaired) electrons. The largest absolute Gasteiger partial charge is 0.365 e. The summed E-state index contributed by atoms with van der Waals surface area (Å²) in [5.74, 6) is -1.07. The first-order valence-electron chi connectivity index (χ1n) is 10.2. The van der Waals surface area contributed by atoms with Crippen LogP contribution < -0.4 is 16.4 Å². The zero-order valence-corrected chi connectivity index (χ0v) is 17.9. The quantitative estimate of drug-likeness (QED) is 0.506. The minimum atomic E-state index is -0.873. The second-order valence-corrected chi connectivity index (χ2v) is 8.27. The molecule has 2 aliphatic heterocycles. The lowest BCUT2D eigenvalue weighted by atomic mass is 10.1. The summed E-state index contributed by atoms with van der Waals surface area (Å²) >= 11 is 5.79. The fourth-order valence-corrected chi connectivity index (χ4v) is 4.38. The van der Waals surface area contributed by atoms with Crippen LogP contribution in [0.2, 0.25) is 5.02 Å². The van der Waals surface area contributed by atoms with Crippen molar-refractivity contribution in [2.45, 2.75) is 24.8 Å². The van der Waals surface area contributed by atoms with Gasteiger partial charge in [-0.05, 0) is 12.1 Å². The molecule has 0 bridgehead atoms. The summed E-state index contributed by atoms with van der Waals surface area (Å²) in [6, 6.07) is 9.43. The second kappa shape index (κ2) is 8.05. The molecule has 4 N–H and O–H groups in total. The number of nitrogens with one attached hydrogen (secondary N) is 2. The van der Waals surface area contributed by atoms with Gasteiger partial charge in [0.1, 0.15) is 24.1 Å². The molecule has 0 saturated carbocycles. The maximum absolute atomic E-state index is 14.1. The average Bonchev–Trinajstić information content (AvgIpc) is 3.30. The molecule has 0 aliphatic carbocycles. The van der Waals surface area contributed by atoms with Crippen molar-refractivity contribution >= 4 is 46.2 Å². The number of hydrogen-bond donors (Lipinski definition) is 3. The first-order valence-corrected chi connectivity index (χ1v) is 10.6. The maximum atomic E-state index is 14.1. The molecule has 11 heteroatoms. The van der Waals surface area contributed by atoms with E-state index >= 15 is 0 Å². The van der Waals surface area contributed by atoms with Crippen LogP contribution in [-0.2, 0) is 16.1 Å². The van der Waals surface area contributed by atoms with E-state index in [4.69, 9.17) is 22.1 Å². The number of anilines is 1. The number of nitrogens with two attached hydrogens (primary N) is 1. The highest BCUT2D eigenvalue weighted by Crippen LogP contribution is 2.37. The van der Waals surface area contributed by atoms with Gasteiger partial charge < -0.3 is 26.0 Å². The Balaban J connectivity index is 1.32. The smallest absolute Gasteiger partial charge is 0.323 e. The molecular formula is C22H19ClFN5O4. The zero-order valence-electron chi connectivity index (χ0n) is 17.1. The molecule has 170 valence electrons. The molecule has 3 heterocycles. The van der Waals surface area contributed by atoms with Crippen LogP contribution in [0.15, 0.2) is 48.7 Å². The third kappa shape index (κ3) is 3.77. The zero-order chi connectivity index (χ0) is 23.3. The van der Waals surface area contributed by atoms with Gasteiger partial charge in [0, 0.05) is 23.7 Å². The monoisotopic (exact) mass is 471 g/mol. The van der Waals surface area contributed by atoms with Crippen molar-refractivity contribution in [3.05, 3.63) is 65.1 Å². The number of likely N-dealkylation sites (tertiary alicyclic amines) is 1. The number of halogens is 2. The third-order valence-corrected chi connectivity index (χ3v) is 6.14. The van der Waals surface area contributed by atoms with E-state index in [1.807, 2.05) is 0 Å². The van der Waals surface area contributed by atoms with Crippen molar-refractivity contribution in [1.29, 1.82) is 0 Å².